The minimum absolute atomic E-state index is 0.0164. The minimum Gasteiger partial charge on any atom is -0.342 e. The SMILES string of the molecule is CC(NCc1ccc(Cc2nc3c(cc2Cc2nc4ccccc4[nH]2)CCCC3N)cc1)c1n[nH]cc1Br. The van der Waals surface area contributed by atoms with Crippen LogP contribution in [0.4, 0.5) is 0 Å². The standard InChI is InChI=1S/C30H32BrN7/c1-18(29-23(31)17-34-38-29)33-16-20-11-9-19(10-12-20)13-27-22(14-21-5-4-6-24(32)30(21)37-27)15-28-35-25-7-2-3-8-26(25)36-28/h2-3,7-12,14,17-18,24,33H,4-6,13,15-16,32H2,1H3,(H,34,38)(H,35,36). The zero-order chi connectivity index (χ0) is 26.1. The minimum atomic E-state index is 0.0164. The second-order valence-corrected chi connectivity index (χ2v) is 11.1. The molecule has 5 N–H and O–H groups in total. The monoisotopic (exact) mass is 569 g/mol. The maximum Gasteiger partial charge on any atom is 0.111 e. The van der Waals surface area contributed by atoms with Crippen LogP contribution in [-0.4, -0.2) is 25.1 Å². The number of para-hydroxylation sites is 2. The Kier molecular flexibility index (Phi) is 7.10. The van der Waals surface area contributed by atoms with Gasteiger partial charge in [-0.25, -0.2) is 4.98 Å². The van der Waals surface area contributed by atoms with Crippen LogP contribution in [0.25, 0.3) is 11.0 Å². The molecule has 3 aromatic heterocycles. The van der Waals surface area contributed by atoms with Gasteiger partial charge < -0.3 is 16.0 Å². The van der Waals surface area contributed by atoms with Crippen LogP contribution in [0.15, 0.2) is 65.3 Å². The smallest absolute Gasteiger partial charge is 0.111 e. The highest BCUT2D eigenvalue weighted by Gasteiger charge is 2.22. The molecule has 8 heteroatoms. The van der Waals surface area contributed by atoms with E-state index in [1.165, 1.54) is 22.3 Å². The Hall–Kier alpha value is -3.33. The molecule has 194 valence electrons. The highest BCUT2D eigenvalue weighted by Crippen LogP contribution is 2.30. The largest absolute Gasteiger partial charge is 0.342 e. The number of halogens is 1. The van der Waals surface area contributed by atoms with Crippen molar-refractivity contribution in [2.45, 2.75) is 57.7 Å². The molecular weight excluding hydrogens is 538 g/mol. The number of nitrogens with zero attached hydrogens (tertiary/aromatic N) is 3. The maximum absolute atomic E-state index is 6.49. The van der Waals surface area contributed by atoms with Gasteiger partial charge in [0.15, 0.2) is 0 Å². The zero-order valence-electron chi connectivity index (χ0n) is 21.5. The molecule has 6 rings (SSSR count). The van der Waals surface area contributed by atoms with Gasteiger partial charge in [-0.05, 0) is 76.5 Å². The van der Waals surface area contributed by atoms with Crippen LogP contribution in [-0.2, 0) is 25.8 Å². The predicted octanol–water partition coefficient (Wildman–Crippen LogP) is 5.81. The fourth-order valence-corrected chi connectivity index (χ4v) is 5.86. The molecule has 0 aliphatic heterocycles. The van der Waals surface area contributed by atoms with Crippen molar-refractivity contribution in [2.75, 3.05) is 0 Å². The van der Waals surface area contributed by atoms with Gasteiger partial charge in [0.25, 0.3) is 0 Å². The molecule has 1 aliphatic carbocycles. The molecule has 0 fully saturated rings. The predicted molar refractivity (Wildman–Crippen MR) is 154 cm³/mol. The van der Waals surface area contributed by atoms with Crippen LogP contribution < -0.4 is 11.1 Å². The molecule has 0 spiro atoms. The molecule has 0 bridgehead atoms. The van der Waals surface area contributed by atoms with Gasteiger partial charge in [-0.15, -0.1) is 0 Å². The molecule has 5 aromatic rings. The van der Waals surface area contributed by atoms with Crippen LogP contribution in [0.1, 0.15) is 77.0 Å². The van der Waals surface area contributed by atoms with Gasteiger partial charge in [-0.1, -0.05) is 42.5 Å². The van der Waals surface area contributed by atoms with Gasteiger partial charge in [0.2, 0.25) is 0 Å². The Morgan fingerprint density at radius 3 is 2.68 bits per heavy atom. The van der Waals surface area contributed by atoms with Crippen molar-refractivity contribution < 1.29 is 0 Å². The number of nitrogens with two attached hydrogens (primary N) is 1. The second-order valence-electron chi connectivity index (χ2n) is 10.2. The van der Waals surface area contributed by atoms with E-state index in [1.807, 2.05) is 24.4 Å². The topological polar surface area (TPSA) is 108 Å². The van der Waals surface area contributed by atoms with Gasteiger partial charge in [-0.2, -0.15) is 5.10 Å². The van der Waals surface area contributed by atoms with Crippen LogP contribution in [0.3, 0.4) is 0 Å². The van der Waals surface area contributed by atoms with Gasteiger partial charge in [0.05, 0.1) is 26.9 Å². The molecular formula is C30H32BrN7. The van der Waals surface area contributed by atoms with Crippen molar-refractivity contribution in [2.24, 2.45) is 5.73 Å². The lowest BCUT2D eigenvalue weighted by Crippen LogP contribution is -2.21. The van der Waals surface area contributed by atoms with E-state index < -0.39 is 0 Å². The highest BCUT2D eigenvalue weighted by molar-refractivity contribution is 9.10. The molecule has 3 heterocycles. The summed E-state index contributed by atoms with van der Waals surface area (Å²) in [5, 5.41) is 10.8. The summed E-state index contributed by atoms with van der Waals surface area (Å²) in [5.41, 5.74) is 16.7. The summed E-state index contributed by atoms with van der Waals surface area (Å²) < 4.78 is 0.989. The van der Waals surface area contributed by atoms with E-state index in [4.69, 9.17) is 15.7 Å². The van der Waals surface area contributed by atoms with Crippen molar-refractivity contribution in [3.63, 3.8) is 0 Å². The number of aromatic nitrogens is 5. The van der Waals surface area contributed by atoms with Crippen molar-refractivity contribution >= 4 is 27.0 Å². The summed E-state index contributed by atoms with van der Waals surface area (Å²) in [6, 6.07) is 19.5. The molecule has 38 heavy (non-hydrogen) atoms. The lowest BCUT2D eigenvalue weighted by Gasteiger charge is -2.23. The maximum atomic E-state index is 6.49. The van der Waals surface area contributed by atoms with Gasteiger partial charge in [0.1, 0.15) is 5.82 Å². The number of aryl methyl sites for hydroxylation is 1. The fraction of sp³-hybridized carbons (Fsp3) is 0.300. The fourth-order valence-electron chi connectivity index (χ4n) is 5.33. The summed E-state index contributed by atoms with van der Waals surface area (Å²) in [6.45, 7) is 2.88. The van der Waals surface area contributed by atoms with Gasteiger partial charge in [0, 0.05) is 43.4 Å². The average molecular weight is 571 g/mol. The first-order valence-electron chi connectivity index (χ1n) is 13.2. The van der Waals surface area contributed by atoms with Crippen molar-refractivity contribution in [1.29, 1.82) is 0 Å². The lowest BCUT2D eigenvalue weighted by atomic mass is 9.89. The number of hydrogen-bond donors (Lipinski definition) is 4. The van der Waals surface area contributed by atoms with Gasteiger partial charge in [-0.3, -0.25) is 10.1 Å². The van der Waals surface area contributed by atoms with Gasteiger partial charge >= 0.3 is 0 Å². The third kappa shape index (κ3) is 5.29. The van der Waals surface area contributed by atoms with E-state index in [1.54, 1.807) is 0 Å². The number of H-pyrrole nitrogens is 2. The highest BCUT2D eigenvalue weighted by atomic mass is 79.9. The normalized spacial score (nSPS) is 16.0. The summed E-state index contributed by atoms with van der Waals surface area (Å²) in [4.78, 5) is 13.5. The van der Waals surface area contributed by atoms with Crippen LogP contribution in [0.2, 0.25) is 0 Å². The molecule has 7 nitrogen and oxygen atoms in total. The van der Waals surface area contributed by atoms with E-state index in [-0.39, 0.29) is 12.1 Å². The Morgan fingerprint density at radius 2 is 1.89 bits per heavy atom. The number of pyridine rings is 1. The number of nitrogens with one attached hydrogen (secondary N) is 3. The Balaban J connectivity index is 1.22. The van der Waals surface area contributed by atoms with E-state index >= 15 is 0 Å². The molecule has 0 saturated carbocycles. The summed E-state index contributed by atoms with van der Waals surface area (Å²) in [6.07, 6.45) is 6.49. The molecule has 2 aromatic carbocycles. The number of benzene rings is 2. The van der Waals surface area contributed by atoms with Crippen molar-refractivity contribution in [1.82, 2.24) is 30.5 Å². The van der Waals surface area contributed by atoms with Crippen LogP contribution >= 0.6 is 15.9 Å². The molecule has 0 saturated heterocycles. The first kappa shape index (κ1) is 25.0. The van der Waals surface area contributed by atoms with E-state index in [9.17, 15) is 0 Å². The lowest BCUT2D eigenvalue weighted by molar-refractivity contribution is 0.550. The third-order valence-electron chi connectivity index (χ3n) is 7.45. The first-order valence-corrected chi connectivity index (χ1v) is 14.0. The Morgan fingerprint density at radius 1 is 1.08 bits per heavy atom. The summed E-state index contributed by atoms with van der Waals surface area (Å²) in [7, 11) is 0. The number of fused-ring (bicyclic) bond motifs is 2. The Labute approximate surface area is 230 Å². The zero-order valence-corrected chi connectivity index (χ0v) is 23.1. The second kappa shape index (κ2) is 10.8. The molecule has 0 amide bonds. The van der Waals surface area contributed by atoms with Crippen LogP contribution in [0, 0.1) is 0 Å². The molecule has 2 unspecified atom stereocenters. The summed E-state index contributed by atoms with van der Waals surface area (Å²) in [5.74, 6) is 0.966. The van der Waals surface area contributed by atoms with E-state index in [0.717, 1.165) is 77.1 Å². The third-order valence-corrected chi connectivity index (χ3v) is 8.09. The number of aromatic amines is 2. The number of hydrogen-bond acceptors (Lipinski definition) is 5. The van der Waals surface area contributed by atoms with E-state index in [0.29, 0.717) is 0 Å². The first-order chi connectivity index (χ1) is 18.5. The molecule has 1 aliphatic rings. The quantitative estimate of drug-likeness (QED) is 0.188. The molecule has 2 atom stereocenters. The number of rotatable bonds is 8. The van der Waals surface area contributed by atoms with Crippen molar-refractivity contribution in [3.05, 3.63) is 110 Å². The Bertz CT molecular complexity index is 1520. The van der Waals surface area contributed by atoms with Crippen LogP contribution in [0.5, 0.6) is 0 Å². The van der Waals surface area contributed by atoms with Crippen molar-refractivity contribution in [3.8, 4) is 0 Å². The summed E-state index contributed by atoms with van der Waals surface area (Å²) >= 11 is 3.54. The molecule has 0 radical (unpaired) electrons. The average Bonchev–Trinajstić information content (AvgIpc) is 3.54. The number of imidazole rings is 1. The van der Waals surface area contributed by atoms with E-state index in [2.05, 4.69) is 79.8 Å².